The normalized spacial score (nSPS) is 12.3. The summed E-state index contributed by atoms with van der Waals surface area (Å²) in [5.41, 5.74) is 1.81. The third-order valence-corrected chi connectivity index (χ3v) is 3.93. The molecule has 0 saturated heterocycles. The first kappa shape index (κ1) is 16.1. The van der Waals surface area contributed by atoms with Crippen molar-refractivity contribution in [2.45, 2.75) is 33.1 Å². The summed E-state index contributed by atoms with van der Waals surface area (Å²) in [5.74, 6) is -0.613. The zero-order chi connectivity index (χ0) is 17.5. The van der Waals surface area contributed by atoms with E-state index in [0.717, 1.165) is 5.56 Å². The predicted octanol–water partition coefficient (Wildman–Crippen LogP) is 3.98. The highest BCUT2D eigenvalue weighted by Crippen LogP contribution is 2.37. The van der Waals surface area contributed by atoms with Gasteiger partial charge in [0.05, 0.1) is 5.56 Å². The standard InChI is InChI=1S/C19H18O5/c1-11-15-10-9-13(16(11)24-23-15)18(21)22-17(20)12-7-5-6-8-14(12)19(2,3)4/h5-10H,1-4H3. The van der Waals surface area contributed by atoms with Crippen LogP contribution < -0.4 is 9.78 Å². The Bertz CT molecular complexity index is 830. The van der Waals surface area contributed by atoms with E-state index in [1.54, 1.807) is 25.1 Å². The molecular formula is C19H18O5. The van der Waals surface area contributed by atoms with Crippen molar-refractivity contribution in [3.63, 3.8) is 0 Å². The summed E-state index contributed by atoms with van der Waals surface area (Å²) in [5, 5.41) is 0. The van der Waals surface area contributed by atoms with Gasteiger partial charge in [0.15, 0.2) is 11.5 Å². The number of esters is 2. The van der Waals surface area contributed by atoms with Gasteiger partial charge in [0, 0.05) is 5.56 Å². The number of hydrogen-bond acceptors (Lipinski definition) is 5. The quantitative estimate of drug-likeness (QED) is 0.474. The van der Waals surface area contributed by atoms with Gasteiger partial charge >= 0.3 is 11.9 Å². The molecule has 1 aliphatic rings. The molecule has 1 aliphatic heterocycles. The van der Waals surface area contributed by atoms with E-state index in [1.165, 1.54) is 6.07 Å². The molecule has 0 amide bonds. The van der Waals surface area contributed by atoms with Crippen molar-refractivity contribution >= 4 is 11.9 Å². The Morgan fingerprint density at radius 2 is 1.58 bits per heavy atom. The third-order valence-electron chi connectivity index (χ3n) is 3.93. The van der Waals surface area contributed by atoms with Crippen molar-refractivity contribution in [3.05, 3.63) is 58.7 Å². The second-order valence-corrected chi connectivity index (χ2v) is 6.70. The number of carbonyl (C=O) groups is 2. The molecule has 2 bridgehead atoms. The van der Waals surface area contributed by atoms with E-state index in [1.807, 2.05) is 32.9 Å². The van der Waals surface area contributed by atoms with E-state index in [0.29, 0.717) is 16.9 Å². The number of benzene rings is 2. The fourth-order valence-corrected chi connectivity index (χ4v) is 2.63. The van der Waals surface area contributed by atoms with Crippen LogP contribution in [-0.2, 0) is 10.2 Å². The van der Waals surface area contributed by atoms with Crippen molar-refractivity contribution < 1.29 is 24.1 Å². The lowest BCUT2D eigenvalue weighted by Gasteiger charge is -2.21. The topological polar surface area (TPSA) is 61.8 Å². The smallest absolute Gasteiger partial charge is 0.350 e. The molecule has 1 heterocycles. The SMILES string of the molecule is Cc1c2ccc(C(=O)OC(=O)c3ccccc3C(C)(C)C)c1OO2. The van der Waals surface area contributed by atoms with Crippen LogP contribution in [0.1, 0.15) is 52.6 Å². The van der Waals surface area contributed by atoms with Crippen LogP contribution in [0.3, 0.4) is 0 Å². The molecule has 0 aliphatic carbocycles. The van der Waals surface area contributed by atoms with Crippen molar-refractivity contribution in [2.24, 2.45) is 0 Å². The molecule has 124 valence electrons. The molecule has 0 fully saturated rings. The summed E-state index contributed by atoms with van der Waals surface area (Å²) in [4.78, 5) is 34.8. The van der Waals surface area contributed by atoms with Gasteiger partial charge in [-0.05, 0) is 36.1 Å². The average Bonchev–Trinajstić information content (AvgIpc) is 2.75. The number of rotatable bonds is 2. The molecule has 0 unspecified atom stereocenters. The second kappa shape index (κ2) is 5.67. The minimum atomic E-state index is -0.765. The summed E-state index contributed by atoms with van der Waals surface area (Å²) in [7, 11) is 0. The van der Waals surface area contributed by atoms with Crippen LogP contribution in [0.2, 0.25) is 0 Å². The highest BCUT2D eigenvalue weighted by molar-refractivity contribution is 6.05. The van der Waals surface area contributed by atoms with Gasteiger partial charge in [-0.15, -0.1) is 0 Å². The van der Waals surface area contributed by atoms with Crippen LogP contribution in [-0.4, -0.2) is 11.9 Å². The molecule has 0 atom stereocenters. The molecule has 2 aromatic carbocycles. The van der Waals surface area contributed by atoms with Crippen LogP contribution in [0.4, 0.5) is 0 Å². The Hall–Kier alpha value is -2.82. The van der Waals surface area contributed by atoms with E-state index in [9.17, 15) is 9.59 Å². The Balaban J connectivity index is 1.87. The molecule has 24 heavy (non-hydrogen) atoms. The van der Waals surface area contributed by atoms with Gasteiger partial charge < -0.3 is 4.74 Å². The van der Waals surface area contributed by atoms with Gasteiger partial charge in [0.2, 0.25) is 0 Å². The second-order valence-electron chi connectivity index (χ2n) is 6.70. The zero-order valence-electron chi connectivity index (χ0n) is 14.0. The van der Waals surface area contributed by atoms with Gasteiger partial charge in [-0.2, -0.15) is 0 Å². The summed E-state index contributed by atoms with van der Waals surface area (Å²) >= 11 is 0. The molecule has 0 saturated carbocycles. The van der Waals surface area contributed by atoms with Crippen molar-refractivity contribution in [1.82, 2.24) is 0 Å². The lowest BCUT2D eigenvalue weighted by molar-refractivity contribution is -0.0852. The first-order valence-electron chi connectivity index (χ1n) is 7.63. The summed E-state index contributed by atoms with van der Waals surface area (Å²) in [6.45, 7) is 7.75. The highest BCUT2D eigenvalue weighted by atomic mass is 17.2. The molecule has 2 aromatic rings. The summed E-state index contributed by atoms with van der Waals surface area (Å²) in [6.07, 6.45) is 0. The summed E-state index contributed by atoms with van der Waals surface area (Å²) in [6, 6.07) is 10.2. The van der Waals surface area contributed by atoms with Crippen molar-refractivity contribution in [2.75, 3.05) is 0 Å². The minimum absolute atomic E-state index is 0.162. The molecule has 0 radical (unpaired) electrons. The fraction of sp³-hybridized carbons (Fsp3) is 0.263. The van der Waals surface area contributed by atoms with Crippen molar-refractivity contribution in [1.29, 1.82) is 0 Å². The Morgan fingerprint density at radius 3 is 2.29 bits per heavy atom. The van der Waals surface area contributed by atoms with E-state index >= 15 is 0 Å². The zero-order valence-corrected chi connectivity index (χ0v) is 14.0. The number of fused-ring (bicyclic) bond motifs is 2. The minimum Gasteiger partial charge on any atom is -0.386 e. The average molecular weight is 326 g/mol. The van der Waals surface area contributed by atoms with Crippen LogP contribution in [0.25, 0.3) is 0 Å². The van der Waals surface area contributed by atoms with Gasteiger partial charge in [-0.3, -0.25) is 9.78 Å². The number of ether oxygens (including phenoxy) is 1. The third kappa shape index (κ3) is 2.73. The molecule has 3 rings (SSSR count). The van der Waals surface area contributed by atoms with Crippen molar-refractivity contribution in [3.8, 4) is 11.5 Å². The summed E-state index contributed by atoms with van der Waals surface area (Å²) < 4.78 is 5.07. The van der Waals surface area contributed by atoms with Gasteiger partial charge in [0.1, 0.15) is 5.56 Å². The molecule has 0 spiro atoms. The van der Waals surface area contributed by atoms with E-state index in [2.05, 4.69) is 0 Å². The van der Waals surface area contributed by atoms with E-state index < -0.39 is 11.9 Å². The monoisotopic (exact) mass is 326 g/mol. The first-order valence-corrected chi connectivity index (χ1v) is 7.63. The fourth-order valence-electron chi connectivity index (χ4n) is 2.63. The first-order chi connectivity index (χ1) is 11.3. The van der Waals surface area contributed by atoms with Gasteiger partial charge in [-0.25, -0.2) is 9.59 Å². The molecule has 5 heteroatoms. The Morgan fingerprint density at radius 1 is 0.917 bits per heavy atom. The maximum Gasteiger partial charge on any atom is 0.350 e. The molecular weight excluding hydrogens is 308 g/mol. The Labute approximate surface area is 140 Å². The van der Waals surface area contributed by atoms with E-state index in [4.69, 9.17) is 14.5 Å². The maximum atomic E-state index is 12.5. The van der Waals surface area contributed by atoms with Gasteiger partial charge in [-0.1, -0.05) is 39.0 Å². The lowest BCUT2D eigenvalue weighted by atomic mass is 9.84. The Kier molecular flexibility index (Phi) is 3.79. The van der Waals surface area contributed by atoms with Gasteiger partial charge in [0.25, 0.3) is 0 Å². The lowest BCUT2D eigenvalue weighted by Crippen LogP contribution is -2.20. The predicted molar refractivity (Wildman–Crippen MR) is 87.3 cm³/mol. The highest BCUT2D eigenvalue weighted by Gasteiger charge is 2.29. The molecule has 0 aromatic heterocycles. The van der Waals surface area contributed by atoms with E-state index in [-0.39, 0.29) is 16.7 Å². The maximum absolute atomic E-state index is 12.5. The number of hydrogen-bond donors (Lipinski definition) is 0. The molecule has 5 nitrogen and oxygen atoms in total. The van der Waals surface area contributed by atoms with Crippen LogP contribution in [0, 0.1) is 6.92 Å². The van der Waals surface area contributed by atoms with Crippen LogP contribution >= 0.6 is 0 Å². The van der Waals surface area contributed by atoms with Crippen LogP contribution in [0.15, 0.2) is 36.4 Å². The molecule has 0 N–H and O–H groups in total. The number of carbonyl (C=O) groups excluding carboxylic acids is 2. The van der Waals surface area contributed by atoms with Crippen LogP contribution in [0.5, 0.6) is 11.5 Å². The largest absolute Gasteiger partial charge is 0.386 e.